The molecule has 0 unspecified atom stereocenters. The second-order valence-electron chi connectivity index (χ2n) is 6.38. The molecule has 0 bridgehead atoms. The Morgan fingerprint density at radius 2 is 0.293 bits per heavy atom. The first-order valence-corrected chi connectivity index (χ1v) is 24.7. The fourth-order valence-electron chi connectivity index (χ4n) is 0. The van der Waals surface area contributed by atoms with Crippen molar-refractivity contribution in [3.05, 3.63) is 30.6 Å². The fourth-order valence-corrected chi connectivity index (χ4v) is 0. The van der Waals surface area contributed by atoms with Crippen molar-refractivity contribution in [2.24, 2.45) is 0 Å². The van der Waals surface area contributed by atoms with Crippen LogP contribution in [0.1, 0.15) is 0 Å². The first-order valence-electron chi connectivity index (χ1n) is 8.96. The van der Waals surface area contributed by atoms with Gasteiger partial charge in [-0.15, -0.1) is 0 Å². The summed E-state index contributed by atoms with van der Waals surface area (Å²) in [5.74, 6) is 0. The van der Waals surface area contributed by atoms with Gasteiger partial charge in [-0.2, -0.15) is 0 Å². The van der Waals surface area contributed by atoms with Crippen molar-refractivity contribution in [3.8, 4) is 0 Å². The molecule has 0 fully saturated rings. The molecule has 41 heavy (non-hydrogen) atoms. The van der Waals surface area contributed by atoms with Crippen molar-refractivity contribution < 1.29 is 60.3 Å². The van der Waals surface area contributed by atoms with Gasteiger partial charge in [-0.3, -0.25) is 33.7 Å². The van der Waals surface area contributed by atoms with Crippen LogP contribution in [0.3, 0.4) is 0 Å². The molecule has 0 aromatic rings. The van der Waals surface area contributed by atoms with Crippen molar-refractivity contribution in [1.82, 2.24) is 0 Å². The van der Waals surface area contributed by atoms with Crippen LogP contribution in [-0.4, -0.2) is 144 Å². The van der Waals surface area contributed by atoms with Crippen LogP contribution in [0.5, 0.6) is 0 Å². The first-order chi connectivity index (χ1) is 17.3. The van der Waals surface area contributed by atoms with Crippen molar-refractivity contribution in [2.75, 3.05) is 100 Å². The van der Waals surface area contributed by atoms with Gasteiger partial charge < -0.3 is 30.6 Å². The van der Waals surface area contributed by atoms with Gasteiger partial charge >= 0.3 is 16.5 Å². The van der Waals surface area contributed by atoms with E-state index in [1.54, 1.807) is 100 Å². The molecule has 16 nitrogen and oxygen atoms in total. The molecule has 25 heteroatoms. The summed E-state index contributed by atoms with van der Waals surface area (Å²) in [4.78, 5) is 16.5. The van der Waals surface area contributed by atoms with Crippen LogP contribution in [0.2, 0.25) is 0 Å². The molecule has 0 spiro atoms. The second kappa shape index (κ2) is 67.7. The fraction of sp³-hybridized carbons (Fsp3) is 1.00. The summed E-state index contributed by atoms with van der Waals surface area (Å²) in [7, 11) is -4.89. The van der Waals surface area contributed by atoms with E-state index in [1.165, 1.54) is 0 Å². The van der Waals surface area contributed by atoms with E-state index in [9.17, 15) is 33.7 Å². The molecule has 0 atom stereocenters. The van der Waals surface area contributed by atoms with Crippen LogP contribution in [-0.2, 0) is 103 Å². The maximum Gasteiger partial charge on any atom is 2.00 e. The van der Waals surface area contributed by atoms with E-state index in [0.717, 1.165) is 0 Å². The summed E-state index contributed by atoms with van der Waals surface area (Å²) >= 11 is 0. The minimum atomic E-state index is -1.75. The van der Waals surface area contributed by atoms with Crippen LogP contribution < -0.4 is 0 Å². The van der Waals surface area contributed by atoms with Gasteiger partial charge in [-0.25, -0.2) is 0 Å². The Kier molecular flexibility index (Phi) is 120. The Balaban J connectivity index is -0.0000000270. The molecular formula is C16H48N2NiO14S8. The third-order valence-corrected chi connectivity index (χ3v) is 0. The monoisotopic (exact) mass is 806 g/mol. The van der Waals surface area contributed by atoms with Crippen LogP contribution in [0.15, 0.2) is 0 Å². The van der Waals surface area contributed by atoms with Gasteiger partial charge in [0.05, 0.1) is 10.2 Å². The molecule has 0 amide bonds. The molecule has 264 valence electrons. The molecule has 0 saturated heterocycles. The van der Waals surface area contributed by atoms with Crippen LogP contribution in [0.4, 0.5) is 0 Å². The largest absolute Gasteiger partial charge is 2.00 e. The van der Waals surface area contributed by atoms with E-state index >= 15 is 0 Å². The van der Waals surface area contributed by atoms with E-state index in [-0.39, 0.29) is 16.5 Å². The minimum Gasteiger partial charge on any atom is -0.356 e. The Bertz CT molecular complexity index is 506. The van der Waals surface area contributed by atoms with E-state index < -0.39 is 96.6 Å². The average molecular weight is 808 g/mol. The summed E-state index contributed by atoms with van der Waals surface area (Å²) in [5, 5.41) is 29.5. The van der Waals surface area contributed by atoms with E-state index in [0.29, 0.717) is 0 Å². The summed E-state index contributed by atoms with van der Waals surface area (Å²) in [5.41, 5.74) is 0. The van der Waals surface area contributed by atoms with Gasteiger partial charge in [-0.1, -0.05) is 0 Å². The van der Waals surface area contributed by atoms with Gasteiger partial charge in [0.1, 0.15) is 0 Å². The van der Waals surface area contributed by atoms with Crippen LogP contribution in [0, 0.1) is 30.6 Å². The molecule has 0 aliphatic carbocycles. The molecule has 0 heterocycles. The van der Waals surface area contributed by atoms with Gasteiger partial charge in [0, 0.05) is 186 Å². The molecule has 0 N–H and O–H groups in total. The molecule has 0 rings (SSSR count). The quantitative estimate of drug-likeness (QED) is 0.169. The summed E-state index contributed by atoms with van der Waals surface area (Å²) < 4.78 is 76.4. The van der Waals surface area contributed by atoms with Gasteiger partial charge in [0.15, 0.2) is 0 Å². The minimum absolute atomic E-state index is 0. The maximum atomic E-state index is 9.56. The molecule has 0 aliphatic rings. The Morgan fingerprint density at radius 1 is 0.293 bits per heavy atom. The number of hydrogen-bond donors (Lipinski definition) is 0. The first kappa shape index (κ1) is 72.9. The topological polar surface area (TPSA) is 269 Å². The molecule has 0 aromatic carbocycles. The van der Waals surface area contributed by atoms with Crippen molar-refractivity contribution >= 4 is 86.4 Å². The molecular weight excluding hydrogens is 759 g/mol. The normalized spacial score (nSPS) is 8.00. The summed E-state index contributed by atoms with van der Waals surface area (Å²) in [6.45, 7) is 0. The summed E-state index contributed by atoms with van der Waals surface area (Å²) in [6.07, 6.45) is 26.2. The second-order valence-corrected chi connectivity index (χ2v) is 18.2. The Hall–Kier alpha value is 0.0935. The van der Waals surface area contributed by atoms with E-state index in [2.05, 4.69) is 0 Å². The van der Waals surface area contributed by atoms with Gasteiger partial charge in [-0.05, 0) is 0 Å². The third-order valence-electron chi connectivity index (χ3n) is 0. The number of nitrogens with zero attached hydrogens (tertiary/aromatic N) is 2. The molecule has 0 radical (unpaired) electrons. The summed E-state index contributed by atoms with van der Waals surface area (Å²) in [6, 6.07) is 0. The van der Waals surface area contributed by atoms with Crippen LogP contribution in [0.25, 0.3) is 0 Å². The number of rotatable bonds is 0. The number of hydrogen-bond acceptors (Lipinski definition) is 14. The standard InChI is InChI=1S/8C2H6OS.2NO3.Ni/c8*1-4(2)3;2*2-1(3)4;/h8*1-2H3;;;/q;;;;;;;;2*-1;+2. The van der Waals surface area contributed by atoms with Gasteiger partial charge in [0.2, 0.25) is 0 Å². The molecule has 0 aromatic heterocycles. The van der Waals surface area contributed by atoms with Gasteiger partial charge in [0.25, 0.3) is 0 Å². The molecule has 0 saturated carbocycles. The zero-order chi connectivity index (χ0) is 35.8. The van der Waals surface area contributed by atoms with E-state index in [1.807, 2.05) is 0 Å². The van der Waals surface area contributed by atoms with Crippen LogP contribution >= 0.6 is 0 Å². The predicted molar refractivity (Wildman–Crippen MR) is 181 cm³/mol. The SMILES string of the molecule is CS(C)=O.CS(C)=O.CS(C)=O.CS(C)=O.CS(C)=O.CS(C)=O.CS(C)=O.CS(C)=O.O=[N+]([O-])[O-].O=[N+]([O-])[O-].[Ni+2]. The smallest absolute Gasteiger partial charge is 0.356 e. The van der Waals surface area contributed by atoms with Crippen molar-refractivity contribution in [1.29, 1.82) is 0 Å². The average Bonchev–Trinajstić information content (AvgIpc) is 2.47. The Labute approximate surface area is 275 Å². The predicted octanol–water partition coefficient (Wildman–Crippen LogP) is -0.523. The third kappa shape index (κ3) is 6650000. The zero-order valence-electron chi connectivity index (χ0n) is 26.2. The zero-order valence-corrected chi connectivity index (χ0v) is 33.7. The Morgan fingerprint density at radius 3 is 0.293 bits per heavy atom. The van der Waals surface area contributed by atoms with E-state index in [4.69, 9.17) is 30.6 Å². The molecule has 0 aliphatic heterocycles. The maximum absolute atomic E-state index is 9.56. The van der Waals surface area contributed by atoms with Crippen molar-refractivity contribution in [2.45, 2.75) is 0 Å². The van der Waals surface area contributed by atoms with Crippen molar-refractivity contribution in [3.63, 3.8) is 0 Å².